The lowest BCUT2D eigenvalue weighted by Crippen LogP contribution is -2.00. The van der Waals surface area contributed by atoms with E-state index in [1.165, 1.54) is 9.13 Å². The Bertz CT molecular complexity index is 741. The number of halogens is 2. The molecule has 0 saturated heterocycles. The van der Waals surface area contributed by atoms with Gasteiger partial charge in [0.25, 0.3) is 0 Å². The highest BCUT2D eigenvalue weighted by molar-refractivity contribution is 14.1. The largest absolute Gasteiger partial charge is 0.379 e. The SMILES string of the molecule is Clc1ccc(NCc2ccc(I)cc2)c2ncccc12. The number of fused-ring (bicyclic) bond motifs is 1. The molecule has 0 saturated carbocycles. The minimum absolute atomic E-state index is 0.730. The first kappa shape index (κ1) is 13.6. The van der Waals surface area contributed by atoms with Crippen molar-refractivity contribution < 1.29 is 0 Å². The number of rotatable bonds is 3. The van der Waals surface area contributed by atoms with Crippen LogP contribution in [0.5, 0.6) is 0 Å². The lowest BCUT2D eigenvalue weighted by molar-refractivity contribution is 1.15. The van der Waals surface area contributed by atoms with Crippen molar-refractivity contribution >= 4 is 50.8 Å². The van der Waals surface area contributed by atoms with Gasteiger partial charge in [0, 0.05) is 21.7 Å². The average molecular weight is 395 g/mol. The molecule has 0 spiro atoms. The van der Waals surface area contributed by atoms with Crippen molar-refractivity contribution in [3.8, 4) is 0 Å². The quantitative estimate of drug-likeness (QED) is 0.625. The van der Waals surface area contributed by atoms with Crippen LogP contribution in [0.1, 0.15) is 5.56 Å². The molecule has 1 N–H and O–H groups in total. The van der Waals surface area contributed by atoms with Gasteiger partial charge in [-0.1, -0.05) is 23.7 Å². The van der Waals surface area contributed by atoms with Gasteiger partial charge >= 0.3 is 0 Å². The average Bonchev–Trinajstić information content (AvgIpc) is 2.49. The van der Waals surface area contributed by atoms with E-state index in [2.05, 4.69) is 57.2 Å². The molecule has 0 atom stereocenters. The van der Waals surface area contributed by atoms with Crippen molar-refractivity contribution in [1.29, 1.82) is 0 Å². The molecule has 2 nitrogen and oxygen atoms in total. The van der Waals surface area contributed by atoms with Crippen LogP contribution >= 0.6 is 34.2 Å². The van der Waals surface area contributed by atoms with Gasteiger partial charge in [-0.2, -0.15) is 0 Å². The summed E-state index contributed by atoms with van der Waals surface area (Å²) in [7, 11) is 0. The number of aromatic nitrogens is 1. The minimum atomic E-state index is 0.730. The zero-order valence-electron chi connectivity index (χ0n) is 10.6. The van der Waals surface area contributed by atoms with Crippen molar-refractivity contribution in [3.05, 3.63) is 68.9 Å². The Labute approximate surface area is 136 Å². The maximum Gasteiger partial charge on any atom is 0.0948 e. The van der Waals surface area contributed by atoms with Gasteiger partial charge in [0.15, 0.2) is 0 Å². The Kier molecular flexibility index (Phi) is 4.08. The van der Waals surface area contributed by atoms with E-state index in [4.69, 9.17) is 11.6 Å². The number of hydrogen-bond donors (Lipinski definition) is 1. The van der Waals surface area contributed by atoms with Crippen molar-refractivity contribution in [2.75, 3.05) is 5.32 Å². The second kappa shape index (κ2) is 5.97. The second-order valence-electron chi connectivity index (χ2n) is 4.47. The first-order chi connectivity index (χ1) is 9.74. The zero-order valence-corrected chi connectivity index (χ0v) is 13.5. The summed E-state index contributed by atoms with van der Waals surface area (Å²) < 4.78 is 1.24. The highest BCUT2D eigenvalue weighted by atomic mass is 127. The van der Waals surface area contributed by atoms with Crippen LogP contribution in [0.15, 0.2) is 54.7 Å². The van der Waals surface area contributed by atoms with Gasteiger partial charge in [-0.05, 0) is 64.6 Å². The highest BCUT2D eigenvalue weighted by Crippen LogP contribution is 2.28. The van der Waals surface area contributed by atoms with E-state index in [9.17, 15) is 0 Å². The number of pyridine rings is 1. The molecule has 0 bridgehead atoms. The van der Waals surface area contributed by atoms with Crippen LogP contribution in [0.4, 0.5) is 5.69 Å². The predicted molar refractivity (Wildman–Crippen MR) is 93.2 cm³/mol. The Morgan fingerprint density at radius 2 is 1.85 bits per heavy atom. The van der Waals surface area contributed by atoms with Gasteiger partial charge in [-0.3, -0.25) is 4.98 Å². The van der Waals surface area contributed by atoms with Crippen molar-refractivity contribution in [2.24, 2.45) is 0 Å². The van der Waals surface area contributed by atoms with E-state index >= 15 is 0 Å². The predicted octanol–water partition coefficient (Wildman–Crippen LogP) is 5.10. The molecule has 0 aliphatic carbocycles. The summed E-state index contributed by atoms with van der Waals surface area (Å²) in [6.07, 6.45) is 1.79. The molecule has 0 fully saturated rings. The molecule has 100 valence electrons. The fraction of sp³-hybridized carbons (Fsp3) is 0.0625. The molecule has 0 aliphatic rings. The summed E-state index contributed by atoms with van der Waals surface area (Å²) in [5.74, 6) is 0. The summed E-state index contributed by atoms with van der Waals surface area (Å²) in [5.41, 5.74) is 3.15. The Morgan fingerprint density at radius 1 is 1.05 bits per heavy atom. The molecule has 1 aromatic heterocycles. The van der Waals surface area contributed by atoms with E-state index in [0.29, 0.717) is 0 Å². The molecule has 2 aromatic carbocycles. The van der Waals surface area contributed by atoms with Crippen LogP contribution < -0.4 is 5.32 Å². The van der Waals surface area contributed by atoms with Crippen LogP contribution in [0.2, 0.25) is 5.02 Å². The van der Waals surface area contributed by atoms with E-state index in [0.717, 1.165) is 28.2 Å². The third kappa shape index (κ3) is 2.88. The Morgan fingerprint density at radius 3 is 2.65 bits per heavy atom. The topological polar surface area (TPSA) is 24.9 Å². The zero-order chi connectivity index (χ0) is 13.9. The molecule has 4 heteroatoms. The summed E-state index contributed by atoms with van der Waals surface area (Å²) in [6.45, 7) is 0.768. The standard InChI is InChI=1S/C16H12ClIN2/c17-14-7-8-15(16-13(14)2-1-9-19-16)20-10-11-3-5-12(18)6-4-11/h1-9,20H,10H2. The number of nitrogens with zero attached hydrogens (tertiary/aromatic N) is 1. The van der Waals surface area contributed by atoms with Crippen LogP contribution in [-0.2, 0) is 6.54 Å². The molecular formula is C16H12ClIN2. The van der Waals surface area contributed by atoms with E-state index < -0.39 is 0 Å². The molecule has 0 unspecified atom stereocenters. The molecule has 0 amide bonds. The third-order valence-electron chi connectivity index (χ3n) is 3.11. The number of benzene rings is 2. The lowest BCUT2D eigenvalue weighted by atomic mass is 10.1. The van der Waals surface area contributed by atoms with E-state index in [1.54, 1.807) is 6.20 Å². The van der Waals surface area contributed by atoms with Crippen LogP contribution in [0, 0.1) is 3.57 Å². The summed E-state index contributed by atoms with van der Waals surface area (Å²) in [6, 6.07) is 16.2. The van der Waals surface area contributed by atoms with Crippen molar-refractivity contribution in [2.45, 2.75) is 6.54 Å². The fourth-order valence-corrected chi connectivity index (χ4v) is 2.66. The van der Waals surface area contributed by atoms with Gasteiger partial charge in [-0.25, -0.2) is 0 Å². The van der Waals surface area contributed by atoms with Crippen LogP contribution in [-0.4, -0.2) is 4.98 Å². The van der Waals surface area contributed by atoms with Gasteiger partial charge in [0.05, 0.1) is 16.2 Å². The molecular weight excluding hydrogens is 383 g/mol. The molecule has 0 radical (unpaired) electrons. The fourth-order valence-electron chi connectivity index (χ4n) is 2.08. The van der Waals surface area contributed by atoms with E-state index in [-0.39, 0.29) is 0 Å². The summed E-state index contributed by atoms with van der Waals surface area (Å²) in [5, 5.41) is 5.13. The minimum Gasteiger partial charge on any atom is -0.379 e. The van der Waals surface area contributed by atoms with Crippen LogP contribution in [0.3, 0.4) is 0 Å². The third-order valence-corrected chi connectivity index (χ3v) is 4.16. The smallest absolute Gasteiger partial charge is 0.0948 e. The van der Waals surface area contributed by atoms with Gasteiger partial charge in [0.1, 0.15) is 0 Å². The molecule has 20 heavy (non-hydrogen) atoms. The second-order valence-corrected chi connectivity index (χ2v) is 6.13. The number of nitrogens with one attached hydrogen (secondary N) is 1. The maximum absolute atomic E-state index is 6.19. The highest BCUT2D eigenvalue weighted by Gasteiger charge is 2.05. The Balaban J connectivity index is 1.88. The van der Waals surface area contributed by atoms with Gasteiger partial charge in [0.2, 0.25) is 0 Å². The normalized spacial score (nSPS) is 10.7. The maximum atomic E-state index is 6.19. The van der Waals surface area contributed by atoms with Crippen LogP contribution in [0.25, 0.3) is 10.9 Å². The van der Waals surface area contributed by atoms with Gasteiger partial charge < -0.3 is 5.32 Å². The lowest BCUT2D eigenvalue weighted by Gasteiger charge is -2.10. The van der Waals surface area contributed by atoms with Crippen molar-refractivity contribution in [3.63, 3.8) is 0 Å². The number of anilines is 1. The summed E-state index contributed by atoms with van der Waals surface area (Å²) in [4.78, 5) is 4.42. The van der Waals surface area contributed by atoms with Gasteiger partial charge in [-0.15, -0.1) is 0 Å². The van der Waals surface area contributed by atoms with Crippen molar-refractivity contribution in [1.82, 2.24) is 4.98 Å². The monoisotopic (exact) mass is 394 g/mol. The molecule has 3 rings (SSSR count). The molecule has 1 heterocycles. The molecule has 3 aromatic rings. The summed E-state index contributed by atoms with van der Waals surface area (Å²) >= 11 is 8.50. The first-order valence-electron chi connectivity index (χ1n) is 6.25. The first-order valence-corrected chi connectivity index (χ1v) is 7.71. The number of hydrogen-bond acceptors (Lipinski definition) is 2. The molecule has 0 aliphatic heterocycles. The Hall–Kier alpha value is -1.33. The van der Waals surface area contributed by atoms with E-state index in [1.807, 2.05) is 24.3 Å².